The van der Waals surface area contributed by atoms with Crippen LogP contribution in [0.1, 0.15) is 19.4 Å². The molecule has 0 saturated heterocycles. The van der Waals surface area contributed by atoms with Crippen LogP contribution in [0.25, 0.3) is 6.08 Å². The molecule has 0 spiro atoms. The average molecular weight is 279 g/mol. The van der Waals surface area contributed by atoms with Crippen LogP contribution < -0.4 is 5.32 Å². The highest BCUT2D eigenvalue weighted by Crippen LogP contribution is 2.10. The summed E-state index contributed by atoms with van der Waals surface area (Å²) in [6, 6.07) is 6.08. The topological polar surface area (TPSA) is 66.4 Å². The molecule has 20 heavy (non-hydrogen) atoms. The van der Waals surface area contributed by atoms with Crippen LogP contribution in [-0.2, 0) is 9.59 Å². The zero-order valence-electron chi connectivity index (χ0n) is 11.5. The number of benzene rings is 1. The third-order valence-electron chi connectivity index (χ3n) is 2.94. The maximum absolute atomic E-state index is 13.3. The summed E-state index contributed by atoms with van der Waals surface area (Å²) in [6.45, 7) is 3.60. The number of halogens is 1. The lowest BCUT2D eigenvalue weighted by Crippen LogP contribution is -2.34. The van der Waals surface area contributed by atoms with Crippen molar-refractivity contribution in [1.82, 2.24) is 5.32 Å². The Morgan fingerprint density at radius 1 is 1.35 bits per heavy atom. The third-order valence-corrected chi connectivity index (χ3v) is 2.94. The lowest BCUT2D eigenvalue weighted by atomic mass is 9.96. The fourth-order valence-electron chi connectivity index (χ4n) is 1.65. The number of carbonyl (C=O) groups excluding carboxylic acids is 1. The quantitative estimate of drug-likeness (QED) is 0.785. The number of carboxylic acid groups (broad SMARTS) is 1. The van der Waals surface area contributed by atoms with Crippen LogP contribution in [0, 0.1) is 17.7 Å². The lowest BCUT2D eigenvalue weighted by molar-refractivity contribution is -0.143. The highest BCUT2D eigenvalue weighted by molar-refractivity contribution is 5.92. The van der Waals surface area contributed by atoms with E-state index in [1.165, 1.54) is 18.2 Å². The van der Waals surface area contributed by atoms with Gasteiger partial charge in [-0.1, -0.05) is 32.0 Å². The summed E-state index contributed by atoms with van der Waals surface area (Å²) in [5.41, 5.74) is 0.307. The van der Waals surface area contributed by atoms with E-state index in [0.29, 0.717) is 5.56 Å². The van der Waals surface area contributed by atoms with Gasteiger partial charge in [-0.2, -0.15) is 0 Å². The lowest BCUT2D eigenvalue weighted by Gasteiger charge is -2.15. The molecule has 0 aliphatic rings. The fourth-order valence-corrected chi connectivity index (χ4v) is 1.65. The van der Waals surface area contributed by atoms with E-state index < -0.39 is 23.6 Å². The standard InChI is InChI=1S/C15H18FNO3/c1-10(2)12(15(19)20)9-17-14(18)8-7-11-5-3-4-6-13(11)16/h3-8,10,12H,9H2,1-2H3,(H,17,18)(H,19,20). The summed E-state index contributed by atoms with van der Waals surface area (Å²) in [4.78, 5) is 22.5. The summed E-state index contributed by atoms with van der Waals surface area (Å²) >= 11 is 0. The van der Waals surface area contributed by atoms with Gasteiger partial charge < -0.3 is 10.4 Å². The molecule has 0 fully saturated rings. The zero-order valence-corrected chi connectivity index (χ0v) is 11.5. The molecule has 0 radical (unpaired) electrons. The molecule has 1 aromatic carbocycles. The second-order valence-electron chi connectivity index (χ2n) is 4.79. The van der Waals surface area contributed by atoms with Gasteiger partial charge in [-0.25, -0.2) is 4.39 Å². The minimum absolute atomic E-state index is 0.0491. The Morgan fingerprint density at radius 3 is 2.55 bits per heavy atom. The molecule has 1 amide bonds. The van der Waals surface area contributed by atoms with E-state index in [1.54, 1.807) is 32.0 Å². The van der Waals surface area contributed by atoms with Crippen molar-refractivity contribution in [3.8, 4) is 0 Å². The van der Waals surface area contributed by atoms with Crippen molar-refractivity contribution in [3.63, 3.8) is 0 Å². The van der Waals surface area contributed by atoms with Crippen LogP contribution in [0.15, 0.2) is 30.3 Å². The second-order valence-corrected chi connectivity index (χ2v) is 4.79. The molecule has 0 heterocycles. The zero-order chi connectivity index (χ0) is 15.1. The number of aliphatic carboxylic acids is 1. The normalized spacial score (nSPS) is 12.6. The first-order valence-electron chi connectivity index (χ1n) is 6.35. The number of hydrogen-bond donors (Lipinski definition) is 2. The number of hydrogen-bond acceptors (Lipinski definition) is 2. The molecule has 0 aliphatic carbocycles. The molecule has 0 aromatic heterocycles. The van der Waals surface area contributed by atoms with Gasteiger partial charge in [0.2, 0.25) is 5.91 Å². The molecule has 0 aliphatic heterocycles. The van der Waals surface area contributed by atoms with Crippen molar-refractivity contribution in [2.75, 3.05) is 6.54 Å². The SMILES string of the molecule is CC(C)C(CNC(=O)C=Cc1ccccc1F)C(=O)O. The van der Waals surface area contributed by atoms with Gasteiger partial charge in [0.1, 0.15) is 5.82 Å². The summed E-state index contributed by atoms with van der Waals surface area (Å²) in [6.07, 6.45) is 2.55. The molecular formula is C15H18FNO3. The van der Waals surface area contributed by atoms with Gasteiger partial charge in [-0.05, 0) is 18.1 Å². The van der Waals surface area contributed by atoms with E-state index in [4.69, 9.17) is 5.11 Å². The second kappa shape index (κ2) is 7.43. The summed E-state index contributed by atoms with van der Waals surface area (Å²) in [5.74, 6) is -2.52. The summed E-state index contributed by atoms with van der Waals surface area (Å²) in [7, 11) is 0. The first-order valence-corrected chi connectivity index (χ1v) is 6.35. The monoisotopic (exact) mass is 279 g/mol. The van der Waals surface area contributed by atoms with Gasteiger partial charge in [0, 0.05) is 18.2 Å². The Labute approximate surface area is 117 Å². The van der Waals surface area contributed by atoms with E-state index in [2.05, 4.69) is 5.32 Å². The van der Waals surface area contributed by atoms with Crippen LogP contribution in [-0.4, -0.2) is 23.5 Å². The van der Waals surface area contributed by atoms with E-state index in [9.17, 15) is 14.0 Å². The van der Waals surface area contributed by atoms with Gasteiger partial charge in [0.05, 0.1) is 5.92 Å². The molecular weight excluding hydrogens is 261 g/mol. The Hall–Kier alpha value is -2.17. The Kier molecular flexibility index (Phi) is 5.90. The number of carboxylic acids is 1. The van der Waals surface area contributed by atoms with Crippen LogP contribution in [0.2, 0.25) is 0 Å². The highest BCUT2D eigenvalue weighted by atomic mass is 19.1. The first-order chi connectivity index (χ1) is 9.41. The van der Waals surface area contributed by atoms with Crippen LogP contribution >= 0.6 is 0 Å². The van der Waals surface area contributed by atoms with Crippen molar-refractivity contribution >= 4 is 18.0 Å². The minimum Gasteiger partial charge on any atom is -0.481 e. The molecule has 2 N–H and O–H groups in total. The fraction of sp³-hybridized carbons (Fsp3) is 0.333. The van der Waals surface area contributed by atoms with Gasteiger partial charge in [-0.15, -0.1) is 0 Å². The molecule has 4 nitrogen and oxygen atoms in total. The number of amides is 1. The smallest absolute Gasteiger partial charge is 0.308 e. The predicted molar refractivity (Wildman–Crippen MR) is 74.4 cm³/mol. The molecule has 108 valence electrons. The molecule has 1 unspecified atom stereocenters. The maximum atomic E-state index is 13.3. The first kappa shape index (κ1) is 15.9. The molecule has 1 aromatic rings. The van der Waals surface area contributed by atoms with Crippen molar-refractivity contribution in [1.29, 1.82) is 0 Å². The minimum atomic E-state index is -0.946. The molecule has 1 rings (SSSR count). The van der Waals surface area contributed by atoms with Crippen LogP contribution in [0.5, 0.6) is 0 Å². The Morgan fingerprint density at radius 2 is 2.00 bits per heavy atom. The molecule has 0 bridgehead atoms. The van der Waals surface area contributed by atoms with E-state index in [1.807, 2.05) is 0 Å². The van der Waals surface area contributed by atoms with Gasteiger partial charge >= 0.3 is 5.97 Å². The van der Waals surface area contributed by atoms with E-state index in [-0.39, 0.29) is 12.5 Å². The van der Waals surface area contributed by atoms with Crippen molar-refractivity contribution in [2.45, 2.75) is 13.8 Å². The molecule has 0 saturated carbocycles. The third kappa shape index (κ3) is 4.84. The van der Waals surface area contributed by atoms with Gasteiger partial charge in [0.15, 0.2) is 0 Å². The Bertz CT molecular complexity index is 512. The number of nitrogens with one attached hydrogen (secondary N) is 1. The summed E-state index contributed by atoms with van der Waals surface area (Å²) in [5, 5.41) is 11.5. The molecule has 5 heteroatoms. The van der Waals surface area contributed by atoms with Crippen molar-refractivity contribution in [3.05, 3.63) is 41.7 Å². The molecule has 1 atom stereocenters. The maximum Gasteiger partial charge on any atom is 0.308 e. The van der Waals surface area contributed by atoms with E-state index >= 15 is 0 Å². The largest absolute Gasteiger partial charge is 0.481 e. The number of carbonyl (C=O) groups is 2. The average Bonchev–Trinajstić information content (AvgIpc) is 2.37. The van der Waals surface area contributed by atoms with Crippen molar-refractivity contribution < 1.29 is 19.1 Å². The summed E-state index contributed by atoms with van der Waals surface area (Å²) < 4.78 is 13.3. The highest BCUT2D eigenvalue weighted by Gasteiger charge is 2.21. The number of rotatable bonds is 6. The van der Waals surface area contributed by atoms with E-state index in [0.717, 1.165) is 0 Å². The predicted octanol–water partition coefficient (Wildman–Crippen LogP) is 2.31. The van der Waals surface area contributed by atoms with Crippen LogP contribution in [0.3, 0.4) is 0 Å². The van der Waals surface area contributed by atoms with Gasteiger partial charge in [0.25, 0.3) is 0 Å². The van der Waals surface area contributed by atoms with Crippen molar-refractivity contribution in [2.24, 2.45) is 11.8 Å². The van der Waals surface area contributed by atoms with Gasteiger partial charge in [-0.3, -0.25) is 9.59 Å². The Balaban J connectivity index is 2.56. The van der Waals surface area contributed by atoms with Crippen LogP contribution in [0.4, 0.5) is 4.39 Å².